The molecule has 2 N–H and O–H groups in total. The van der Waals surface area contributed by atoms with E-state index in [9.17, 15) is 4.79 Å². The summed E-state index contributed by atoms with van der Waals surface area (Å²) in [7, 11) is 6.59. The Bertz CT molecular complexity index is 480. The standard InChI is InChI=1S/C13H10BNO.CH4O/c14-11-3-7-13(8-4-11)15-12-5-1-10(9-16)2-6-12;1-2/h1-9,15H;2H,1H3. The molecule has 0 fully saturated rings. The van der Waals surface area contributed by atoms with Gasteiger partial charge in [-0.1, -0.05) is 17.6 Å². The highest BCUT2D eigenvalue weighted by molar-refractivity contribution is 6.32. The van der Waals surface area contributed by atoms with Gasteiger partial charge in [-0.25, -0.2) is 0 Å². The van der Waals surface area contributed by atoms with Crippen LogP contribution in [0.1, 0.15) is 10.4 Å². The Labute approximate surface area is 108 Å². The molecule has 0 saturated heterocycles. The predicted molar refractivity (Wildman–Crippen MR) is 75.1 cm³/mol. The first-order chi connectivity index (χ1) is 8.78. The molecule has 0 atom stereocenters. The molecular formula is C14H14BNO2. The zero-order valence-corrected chi connectivity index (χ0v) is 10.1. The molecule has 0 spiro atoms. The summed E-state index contributed by atoms with van der Waals surface area (Å²) >= 11 is 0. The second-order valence-electron chi connectivity index (χ2n) is 3.49. The van der Waals surface area contributed by atoms with E-state index in [1.807, 2.05) is 36.4 Å². The number of carbonyl (C=O) groups is 1. The molecule has 0 amide bonds. The van der Waals surface area contributed by atoms with Crippen LogP contribution in [0.15, 0.2) is 48.5 Å². The average Bonchev–Trinajstić information content (AvgIpc) is 2.44. The molecule has 2 aromatic carbocycles. The molecule has 3 nitrogen and oxygen atoms in total. The molecule has 0 heterocycles. The van der Waals surface area contributed by atoms with Gasteiger partial charge in [0, 0.05) is 24.0 Å². The molecule has 0 aliphatic rings. The zero-order chi connectivity index (χ0) is 13.4. The van der Waals surface area contributed by atoms with Gasteiger partial charge >= 0.3 is 0 Å². The molecule has 0 aromatic heterocycles. The largest absolute Gasteiger partial charge is 0.400 e. The van der Waals surface area contributed by atoms with Crippen molar-refractivity contribution in [3.05, 3.63) is 54.1 Å². The predicted octanol–water partition coefficient (Wildman–Crippen LogP) is 1.64. The van der Waals surface area contributed by atoms with Gasteiger partial charge in [-0.15, -0.1) is 0 Å². The second-order valence-corrected chi connectivity index (χ2v) is 3.49. The maximum Gasteiger partial charge on any atom is 0.150 e. The van der Waals surface area contributed by atoms with Crippen LogP contribution in [0, 0.1) is 0 Å². The molecule has 18 heavy (non-hydrogen) atoms. The van der Waals surface area contributed by atoms with E-state index < -0.39 is 0 Å². The third-order valence-corrected chi connectivity index (χ3v) is 2.25. The first kappa shape index (κ1) is 14.0. The van der Waals surface area contributed by atoms with Gasteiger partial charge in [0.15, 0.2) is 0 Å². The summed E-state index contributed by atoms with van der Waals surface area (Å²) in [4.78, 5) is 10.5. The van der Waals surface area contributed by atoms with Gasteiger partial charge in [-0.2, -0.15) is 0 Å². The zero-order valence-electron chi connectivity index (χ0n) is 10.1. The fourth-order valence-electron chi connectivity index (χ4n) is 1.38. The minimum Gasteiger partial charge on any atom is -0.400 e. The first-order valence-corrected chi connectivity index (χ1v) is 5.40. The molecule has 0 aliphatic heterocycles. The minimum absolute atomic E-state index is 0.669. The number of carbonyl (C=O) groups excluding carboxylic acids is 1. The van der Waals surface area contributed by atoms with Gasteiger partial charge in [0.25, 0.3) is 0 Å². The van der Waals surface area contributed by atoms with Gasteiger partial charge in [0.2, 0.25) is 0 Å². The van der Waals surface area contributed by atoms with E-state index in [2.05, 4.69) is 5.32 Å². The van der Waals surface area contributed by atoms with Crippen LogP contribution in [0.4, 0.5) is 11.4 Å². The number of nitrogens with one attached hydrogen (secondary N) is 1. The highest BCUT2D eigenvalue weighted by Gasteiger charge is 1.94. The number of aliphatic hydroxyl groups excluding tert-OH is 1. The van der Waals surface area contributed by atoms with Crippen molar-refractivity contribution >= 4 is 31.0 Å². The molecular weight excluding hydrogens is 225 g/mol. The van der Waals surface area contributed by atoms with Crippen LogP contribution < -0.4 is 10.8 Å². The van der Waals surface area contributed by atoms with Crippen molar-refractivity contribution in [2.45, 2.75) is 0 Å². The fourth-order valence-corrected chi connectivity index (χ4v) is 1.38. The van der Waals surface area contributed by atoms with Crippen LogP contribution >= 0.6 is 0 Å². The Kier molecular flexibility index (Phi) is 5.68. The highest BCUT2D eigenvalue weighted by atomic mass is 16.2. The van der Waals surface area contributed by atoms with Crippen LogP contribution in [0.2, 0.25) is 0 Å². The van der Waals surface area contributed by atoms with E-state index in [1.165, 1.54) is 0 Å². The number of benzene rings is 2. The Morgan fingerprint density at radius 1 is 0.944 bits per heavy atom. The summed E-state index contributed by atoms with van der Waals surface area (Å²) < 4.78 is 0. The lowest BCUT2D eigenvalue weighted by Gasteiger charge is -2.06. The summed E-state index contributed by atoms with van der Waals surface area (Å²) in [5.74, 6) is 0. The topological polar surface area (TPSA) is 49.3 Å². The van der Waals surface area contributed by atoms with Crippen LogP contribution in [0.25, 0.3) is 0 Å². The van der Waals surface area contributed by atoms with Gasteiger partial charge < -0.3 is 10.4 Å². The van der Waals surface area contributed by atoms with Crippen molar-refractivity contribution in [2.75, 3.05) is 12.4 Å². The third-order valence-electron chi connectivity index (χ3n) is 2.25. The van der Waals surface area contributed by atoms with E-state index in [4.69, 9.17) is 13.0 Å². The number of rotatable bonds is 3. The van der Waals surface area contributed by atoms with Crippen molar-refractivity contribution < 1.29 is 9.90 Å². The van der Waals surface area contributed by atoms with Crippen molar-refractivity contribution in [2.24, 2.45) is 0 Å². The van der Waals surface area contributed by atoms with Gasteiger partial charge in [-0.05, 0) is 36.4 Å². The summed E-state index contributed by atoms with van der Waals surface area (Å²) in [6.07, 6.45) is 0.826. The smallest absolute Gasteiger partial charge is 0.150 e. The first-order valence-electron chi connectivity index (χ1n) is 5.40. The Hall–Kier alpha value is -2.07. The summed E-state index contributed by atoms with van der Waals surface area (Å²) in [5.41, 5.74) is 3.31. The number of aldehydes is 1. The number of hydrogen-bond acceptors (Lipinski definition) is 3. The molecule has 2 aromatic rings. The number of hydrogen-bond donors (Lipinski definition) is 2. The third kappa shape index (κ3) is 4.07. The lowest BCUT2D eigenvalue weighted by molar-refractivity contribution is 0.112. The van der Waals surface area contributed by atoms with Crippen LogP contribution in [-0.4, -0.2) is 26.3 Å². The number of anilines is 2. The Morgan fingerprint density at radius 2 is 1.39 bits per heavy atom. The van der Waals surface area contributed by atoms with Gasteiger partial charge in [-0.3, -0.25) is 4.79 Å². The van der Waals surface area contributed by atoms with Crippen molar-refractivity contribution in [3.8, 4) is 0 Å². The molecule has 90 valence electrons. The molecule has 0 unspecified atom stereocenters. The van der Waals surface area contributed by atoms with Crippen molar-refractivity contribution in [1.29, 1.82) is 0 Å². The molecule has 2 rings (SSSR count). The normalized spacial score (nSPS) is 9.00. The summed E-state index contributed by atoms with van der Waals surface area (Å²) in [5, 5.41) is 10.2. The van der Waals surface area contributed by atoms with Crippen molar-refractivity contribution in [1.82, 2.24) is 0 Å². The second kappa shape index (κ2) is 7.30. The monoisotopic (exact) mass is 239 g/mol. The maximum absolute atomic E-state index is 10.5. The van der Waals surface area contributed by atoms with E-state index in [0.29, 0.717) is 5.56 Å². The quantitative estimate of drug-likeness (QED) is 0.632. The lowest BCUT2D eigenvalue weighted by atomic mass is 9.96. The molecule has 0 bridgehead atoms. The highest BCUT2D eigenvalue weighted by Crippen LogP contribution is 2.15. The minimum atomic E-state index is 0.669. The van der Waals surface area contributed by atoms with Gasteiger partial charge in [0.1, 0.15) is 14.1 Å². The van der Waals surface area contributed by atoms with E-state index in [-0.39, 0.29) is 0 Å². The van der Waals surface area contributed by atoms with Crippen LogP contribution in [-0.2, 0) is 0 Å². The van der Waals surface area contributed by atoms with Crippen LogP contribution in [0.3, 0.4) is 0 Å². The Morgan fingerprint density at radius 3 is 1.83 bits per heavy atom. The van der Waals surface area contributed by atoms with E-state index >= 15 is 0 Å². The van der Waals surface area contributed by atoms with E-state index in [1.54, 1.807) is 12.1 Å². The molecule has 2 radical (unpaired) electrons. The molecule has 0 saturated carbocycles. The SMILES string of the molecule is CO.[B]c1ccc(Nc2ccc(C=O)cc2)cc1. The number of aliphatic hydroxyl groups is 1. The van der Waals surface area contributed by atoms with Gasteiger partial charge in [0.05, 0.1) is 0 Å². The fraction of sp³-hybridized carbons (Fsp3) is 0.0714. The Balaban J connectivity index is 0.000000771. The molecule has 4 heteroatoms. The summed E-state index contributed by atoms with van der Waals surface area (Å²) in [6.45, 7) is 0. The average molecular weight is 239 g/mol. The summed E-state index contributed by atoms with van der Waals surface area (Å²) in [6, 6.07) is 14.7. The van der Waals surface area contributed by atoms with Crippen LogP contribution in [0.5, 0.6) is 0 Å². The van der Waals surface area contributed by atoms with Crippen molar-refractivity contribution in [3.63, 3.8) is 0 Å². The molecule has 0 aliphatic carbocycles. The lowest BCUT2D eigenvalue weighted by Crippen LogP contribution is -2.00. The van der Waals surface area contributed by atoms with E-state index in [0.717, 1.165) is 30.2 Å². The maximum atomic E-state index is 10.5.